The summed E-state index contributed by atoms with van der Waals surface area (Å²) < 4.78 is 7.46. The van der Waals surface area contributed by atoms with E-state index >= 15 is 0 Å². The molecule has 1 aromatic carbocycles. The van der Waals surface area contributed by atoms with Crippen LogP contribution in [0.1, 0.15) is 25.7 Å². The van der Waals surface area contributed by atoms with Crippen LogP contribution in [-0.2, 0) is 4.74 Å². The van der Waals surface area contributed by atoms with Gasteiger partial charge in [0, 0.05) is 29.9 Å². The Kier molecular flexibility index (Phi) is 4.59. The molecule has 5 nitrogen and oxygen atoms in total. The van der Waals surface area contributed by atoms with Crippen molar-refractivity contribution in [3.05, 3.63) is 47.6 Å². The van der Waals surface area contributed by atoms with E-state index < -0.39 is 0 Å². The van der Waals surface area contributed by atoms with E-state index in [0.717, 1.165) is 48.4 Å². The van der Waals surface area contributed by atoms with Crippen LogP contribution in [0.3, 0.4) is 0 Å². The van der Waals surface area contributed by atoms with Crippen LogP contribution in [0, 0.1) is 0 Å². The second kappa shape index (κ2) is 7.02. The summed E-state index contributed by atoms with van der Waals surface area (Å²) in [6.45, 7) is 0. The quantitative estimate of drug-likeness (QED) is 0.751. The second-order valence-electron chi connectivity index (χ2n) is 6.53. The summed E-state index contributed by atoms with van der Waals surface area (Å²) in [5.41, 5.74) is 2.86. The third-order valence-electron chi connectivity index (χ3n) is 4.86. The van der Waals surface area contributed by atoms with E-state index in [9.17, 15) is 0 Å². The Labute approximate surface area is 152 Å². The zero-order valence-corrected chi connectivity index (χ0v) is 14.9. The van der Waals surface area contributed by atoms with Gasteiger partial charge in [-0.15, -0.1) is 10.2 Å². The third-order valence-corrected chi connectivity index (χ3v) is 5.10. The number of ether oxygens (including phenoxy) is 1. The Hall–Kier alpha value is -2.11. The summed E-state index contributed by atoms with van der Waals surface area (Å²) in [5, 5.41) is 12.9. The van der Waals surface area contributed by atoms with Crippen molar-refractivity contribution in [1.29, 1.82) is 0 Å². The molecule has 2 heterocycles. The highest BCUT2D eigenvalue weighted by Crippen LogP contribution is 2.26. The number of hydrogen-bond acceptors (Lipinski definition) is 4. The second-order valence-corrected chi connectivity index (χ2v) is 6.97. The minimum atomic E-state index is 0.410. The highest BCUT2D eigenvalue weighted by Gasteiger charge is 2.20. The fourth-order valence-electron chi connectivity index (χ4n) is 3.48. The van der Waals surface area contributed by atoms with E-state index in [4.69, 9.17) is 16.3 Å². The van der Waals surface area contributed by atoms with Crippen LogP contribution in [0.4, 0.5) is 5.69 Å². The number of benzene rings is 1. The lowest BCUT2D eigenvalue weighted by molar-refractivity contribution is 0.0682. The number of nitrogens with zero attached hydrogens (tertiary/aromatic N) is 3. The molecule has 1 N–H and O–H groups in total. The van der Waals surface area contributed by atoms with Crippen LogP contribution in [-0.4, -0.2) is 33.9 Å². The highest BCUT2D eigenvalue weighted by molar-refractivity contribution is 6.30. The number of halogens is 1. The van der Waals surface area contributed by atoms with E-state index in [1.54, 1.807) is 7.11 Å². The minimum Gasteiger partial charge on any atom is -0.381 e. The van der Waals surface area contributed by atoms with Crippen molar-refractivity contribution >= 4 is 22.9 Å². The van der Waals surface area contributed by atoms with Gasteiger partial charge in [0.2, 0.25) is 0 Å². The van der Waals surface area contributed by atoms with Crippen LogP contribution < -0.4 is 5.32 Å². The van der Waals surface area contributed by atoms with Crippen LogP contribution >= 0.6 is 11.6 Å². The first-order valence-electron chi connectivity index (χ1n) is 8.63. The number of methoxy groups -OCH3 is 1. The summed E-state index contributed by atoms with van der Waals surface area (Å²) in [5.74, 6) is 0.796. The first-order valence-corrected chi connectivity index (χ1v) is 9.01. The molecule has 1 saturated carbocycles. The average molecular weight is 357 g/mol. The molecular formula is C19H21ClN4O. The van der Waals surface area contributed by atoms with Crippen molar-refractivity contribution in [1.82, 2.24) is 14.6 Å². The maximum Gasteiger partial charge on any atom is 0.168 e. The normalized spacial score (nSPS) is 20.7. The Morgan fingerprint density at radius 1 is 1.12 bits per heavy atom. The van der Waals surface area contributed by atoms with Gasteiger partial charge in [0.25, 0.3) is 0 Å². The van der Waals surface area contributed by atoms with Crippen molar-refractivity contribution in [2.24, 2.45) is 0 Å². The van der Waals surface area contributed by atoms with Gasteiger partial charge in [-0.3, -0.25) is 4.40 Å². The molecule has 0 atom stereocenters. The molecule has 0 amide bonds. The number of rotatable bonds is 4. The van der Waals surface area contributed by atoms with Crippen molar-refractivity contribution < 1.29 is 4.74 Å². The summed E-state index contributed by atoms with van der Waals surface area (Å²) in [6.07, 6.45) is 6.94. The number of nitrogens with one attached hydrogen (secondary N) is 1. The van der Waals surface area contributed by atoms with Gasteiger partial charge in [-0.05, 0) is 49.9 Å². The number of pyridine rings is 1. The maximum absolute atomic E-state index is 6.12. The summed E-state index contributed by atoms with van der Waals surface area (Å²) in [6, 6.07) is 12.2. The predicted molar refractivity (Wildman–Crippen MR) is 100 cm³/mol. The van der Waals surface area contributed by atoms with E-state index in [0.29, 0.717) is 17.2 Å². The number of aromatic nitrogens is 3. The molecular weight excluding hydrogens is 336 g/mol. The van der Waals surface area contributed by atoms with Crippen LogP contribution in [0.15, 0.2) is 42.6 Å². The van der Waals surface area contributed by atoms with Gasteiger partial charge >= 0.3 is 0 Å². The summed E-state index contributed by atoms with van der Waals surface area (Å²) >= 11 is 6.12. The monoisotopic (exact) mass is 356 g/mol. The van der Waals surface area contributed by atoms with E-state index in [1.165, 1.54) is 0 Å². The van der Waals surface area contributed by atoms with Gasteiger partial charge in [-0.1, -0.05) is 23.7 Å². The van der Waals surface area contributed by atoms with Crippen LogP contribution in [0.2, 0.25) is 5.02 Å². The van der Waals surface area contributed by atoms with Crippen LogP contribution in [0.25, 0.3) is 17.0 Å². The molecule has 2 aromatic heterocycles. The lowest BCUT2D eigenvalue weighted by atomic mass is 9.93. The lowest BCUT2D eigenvalue weighted by Gasteiger charge is -2.28. The van der Waals surface area contributed by atoms with Gasteiger partial charge in [0.15, 0.2) is 11.5 Å². The third kappa shape index (κ3) is 3.48. The van der Waals surface area contributed by atoms with E-state index in [2.05, 4.69) is 27.8 Å². The molecule has 25 heavy (non-hydrogen) atoms. The molecule has 1 aliphatic rings. The molecule has 130 valence electrons. The highest BCUT2D eigenvalue weighted by atomic mass is 35.5. The maximum atomic E-state index is 6.12. The molecule has 1 aliphatic carbocycles. The predicted octanol–water partition coefficient (Wildman–Crippen LogP) is 4.42. The first kappa shape index (κ1) is 16.4. The van der Waals surface area contributed by atoms with E-state index in [1.807, 2.05) is 34.7 Å². The fourth-order valence-corrected chi connectivity index (χ4v) is 3.67. The molecule has 0 saturated heterocycles. The Morgan fingerprint density at radius 2 is 1.96 bits per heavy atom. The molecule has 0 radical (unpaired) electrons. The van der Waals surface area contributed by atoms with Gasteiger partial charge in [-0.2, -0.15) is 0 Å². The smallest absolute Gasteiger partial charge is 0.168 e. The van der Waals surface area contributed by atoms with Gasteiger partial charge in [0.1, 0.15) is 0 Å². The van der Waals surface area contributed by atoms with Crippen molar-refractivity contribution in [3.8, 4) is 11.4 Å². The van der Waals surface area contributed by atoms with Crippen molar-refractivity contribution in [3.63, 3.8) is 0 Å². The SMILES string of the molecule is CO[C@H]1CC[C@H](Nc2ccc3nnc(-c4cccc(Cl)c4)n3c2)CC1. The molecule has 3 aromatic rings. The summed E-state index contributed by atoms with van der Waals surface area (Å²) in [4.78, 5) is 0. The summed E-state index contributed by atoms with van der Waals surface area (Å²) in [7, 11) is 1.80. The van der Waals surface area contributed by atoms with Gasteiger partial charge in [-0.25, -0.2) is 0 Å². The van der Waals surface area contributed by atoms with Crippen molar-refractivity contribution in [2.45, 2.75) is 37.8 Å². The Bertz CT molecular complexity index is 871. The van der Waals surface area contributed by atoms with E-state index in [-0.39, 0.29) is 0 Å². The Morgan fingerprint density at radius 3 is 2.72 bits per heavy atom. The zero-order chi connectivity index (χ0) is 17.2. The minimum absolute atomic E-state index is 0.410. The molecule has 0 aliphatic heterocycles. The average Bonchev–Trinajstić information content (AvgIpc) is 3.06. The fraction of sp³-hybridized carbons (Fsp3) is 0.368. The molecule has 0 bridgehead atoms. The number of hydrogen-bond donors (Lipinski definition) is 1. The van der Waals surface area contributed by atoms with Gasteiger partial charge in [0.05, 0.1) is 11.8 Å². The molecule has 0 spiro atoms. The first-order chi connectivity index (χ1) is 12.2. The lowest BCUT2D eigenvalue weighted by Crippen LogP contribution is -2.29. The molecule has 6 heteroatoms. The zero-order valence-electron chi connectivity index (χ0n) is 14.2. The molecule has 0 unspecified atom stereocenters. The molecule has 4 rings (SSSR count). The standard InChI is InChI=1S/C19H21ClN4O/c1-25-17-8-5-15(6-9-17)21-16-7-10-18-22-23-19(24(18)12-16)13-3-2-4-14(20)11-13/h2-4,7,10-12,15,17,21H,5-6,8-9H2,1H3/t15-,17-. The van der Waals surface area contributed by atoms with Crippen molar-refractivity contribution in [2.75, 3.05) is 12.4 Å². The van der Waals surface area contributed by atoms with Gasteiger partial charge < -0.3 is 10.1 Å². The van der Waals surface area contributed by atoms with Crippen LogP contribution in [0.5, 0.6) is 0 Å². The number of fused-ring (bicyclic) bond motifs is 1. The molecule has 1 fully saturated rings. The topological polar surface area (TPSA) is 51.5 Å². The Balaban J connectivity index is 1.58. The number of anilines is 1. The largest absolute Gasteiger partial charge is 0.381 e.